The zero-order valence-electron chi connectivity index (χ0n) is 16.0. The first-order chi connectivity index (χ1) is 13.3. The van der Waals surface area contributed by atoms with Crippen molar-refractivity contribution in [2.75, 3.05) is 20.5 Å². The van der Waals surface area contributed by atoms with Crippen molar-refractivity contribution in [1.29, 1.82) is 0 Å². The van der Waals surface area contributed by atoms with E-state index in [-0.39, 0.29) is 12.4 Å². The molecule has 0 spiro atoms. The molecular weight excluding hydrogens is 378 g/mol. The number of ether oxygens (including phenoxy) is 4. The zero-order valence-corrected chi connectivity index (χ0v) is 16.7. The molecule has 0 bridgehead atoms. The SMILES string of the molecule is CCCOc1cc2cc3[n+](cc2cc1OC)CCc1cc2c(cc1-3)OCO2.[Cl-]. The number of halogens is 1. The highest BCUT2D eigenvalue weighted by atomic mass is 35.5. The summed E-state index contributed by atoms with van der Waals surface area (Å²) in [7, 11) is 1.68. The maximum absolute atomic E-state index is 5.89. The molecule has 0 fully saturated rings. The molecule has 0 saturated heterocycles. The minimum Gasteiger partial charge on any atom is -1.00 e. The Bertz CT molecular complexity index is 1050. The first-order valence-electron chi connectivity index (χ1n) is 9.37. The Morgan fingerprint density at radius 2 is 1.79 bits per heavy atom. The second kappa shape index (κ2) is 7.40. The first-order valence-corrected chi connectivity index (χ1v) is 9.37. The molecule has 3 aromatic rings. The fourth-order valence-electron chi connectivity index (χ4n) is 3.87. The van der Waals surface area contributed by atoms with Crippen LogP contribution >= 0.6 is 0 Å². The molecule has 2 aliphatic heterocycles. The van der Waals surface area contributed by atoms with Gasteiger partial charge >= 0.3 is 0 Å². The normalized spacial score (nSPS) is 13.5. The molecule has 2 aliphatic rings. The van der Waals surface area contributed by atoms with E-state index in [1.165, 1.54) is 16.8 Å². The van der Waals surface area contributed by atoms with Crippen LogP contribution in [0.3, 0.4) is 0 Å². The van der Waals surface area contributed by atoms with Gasteiger partial charge in [0.2, 0.25) is 12.5 Å². The average molecular weight is 400 g/mol. The van der Waals surface area contributed by atoms with Crippen LogP contribution in [-0.4, -0.2) is 20.5 Å². The third-order valence-electron chi connectivity index (χ3n) is 5.22. The molecule has 0 aliphatic carbocycles. The Kier molecular flexibility index (Phi) is 4.94. The number of hydrogen-bond donors (Lipinski definition) is 0. The van der Waals surface area contributed by atoms with Gasteiger partial charge in [-0.15, -0.1) is 0 Å². The third kappa shape index (κ3) is 3.00. The molecule has 0 saturated carbocycles. The summed E-state index contributed by atoms with van der Waals surface area (Å²) in [6.45, 7) is 4.01. The number of fused-ring (bicyclic) bond motifs is 5. The fraction of sp³-hybridized carbons (Fsp3) is 0.318. The van der Waals surface area contributed by atoms with Gasteiger partial charge in [-0.2, -0.15) is 4.57 Å². The van der Waals surface area contributed by atoms with Crippen molar-refractivity contribution >= 4 is 10.8 Å². The van der Waals surface area contributed by atoms with Crippen LogP contribution in [0.1, 0.15) is 18.9 Å². The summed E-state index contributed by atoms with van der Waals surface area (Å²) < 4.78 is 24.9. The second-order valence-electron chi connectivity index (χ2n) is 6.95. The minimum absolute atomic E-state index is 0. The van der Waals surface area contributed by atoms with Gasteiger partial charge in [0.05, 0.1) is 19.3 Å². The number of rotatable bonds is 4. The molecule has 0 N–H and O–H groups in total. The van der Waals surface area contributed by atoms with E-state index in [1.807, 2.05) is 0 Å². The lowest BCUT2D eigenvalue weighted by Crippen LogP contribution is -3.00. The summed E-state index contributed by atoms with van der Waals surface area (Å²) in [5, 5.41) is 2.28. The van der Waals surface area contributed by atoms with E-state index in [4.69, 9.17) is 18.9 Å². The Morgan fingerprint density at radius 1 is 1.00 bits per heavy atom. The fourth-order valence-corrected chi connectivity index (χ4v) is 3.87. The number of nitrogens with zero attached hydrogens (tertiary/aromatic N) is 1. The molecule has 0 radical (unpaired) electrons. The van der Waals surface area contributed by atoms with E-state index in [1.54, 1.807) is 7.11 Å². The summed E-state index contributed by atoms with van der Waals surface area (Å²) >= 11 is 0. The molecule has 0 atom stereocenters. The highest BCUT2D eigenvalue weighted by Crippen LogP contribution is 2.40. The van der Waals surface area contributed by atoms with Gasteiger partial charge in [-0.05, 0) is 41.6 Å². The lowest BCUT2D eigenvalue weighted by atomic mass is 9.95. The molecule has 5 nitrogen and oxygen atoms in total. The van der Waals surface area contributed by atoms with Gasteiger partial charge in [-0.25, -0.2) is 0 Å². The minimum atomic E-state index is 0. The number of aryl methyl sites for hydroxylation is 2. The van der Waals surface area contributed by atoms with Gasteiger partial charge in [0.1, 0.15) is 0 Å². The molecule has 0 unspecified atom stereocenters. The number of aromatic nitrogens is 1. The lowest BCUT2D eigenvalue weighted by molar-refractivity contribution is -0.686. The topological polar surface area (TPSA) is 40.8 Å². The second-order valence-corrected chi connectivity index (χ2v) is 6.95. The van der Waals surface area contributed by atoms with E-state index in [0.29, 0.717) is 13.4 Å². The summed E-state index contributed by atoms with van der Waals surface area (Å²) in [6, 6.07) is 10.6. The Morgan fingerprint density at radius 3 is 2.57 bits per heavy atom. The van der Waals surface area contributed by atoms with Crippen molar-refractivity contribution in [3.05, 3.63) is 42.1 Å². The molecule has 0 amide bonds. The quantitative estimate of drug-likeness (QED) is 0.611. The highest BCUT2D eigenvalue weighted by Gasteiger charge is 2.28. The smallest absolute Gasteiger partial charge is 0.231 e. The third-order valence-corrected chi connectivity index (χ3v) is 5.22. The molecular formula is C22H22ClNO4. The van der Waals surface area contributed by atoms with Crippen LogP contribution in [-0.2, 0) is 13.0 Å². The summed E-state index contributed by atoms with van der Waals surface area (Å²) in [4.78, 5) is 0. The van der Waals surface area contributed by atoms with Crippen LogP contribution < -0.4 is 35.9 Å². The van der Waals surface area contributed by atoms with E-state index in [2.05, 4.69) is 48.0 Å². The summed E-state index contributed by atoms with van der Waals surface area (Å²) in [5.74, 6) is 3.24. The van der Waals surface area contributed by atoms with E-state index >= 15 is 0 Å². The number of hydrogen-bond acceptors (Lipinski definition) is 4. The van der Waals surface area contributed by atoms with Crippen LogP contribution in [0.25, 0.3) is 22.0 Å². The maximum Gasteiger partial charge on any atom is 0.231 e. The van der Waals surface area contributed by atoms with Crippen molar-refractivity contribution in [3.8, 4) is 34.3 Å². The molecule has 28 heavy (non-hydrogen) atoms. The molecule has 5 rings (SSSR count). The summed E-state index contributed by atoms with van der Waals surface area (Å²) in [6.07, 6.45) is 4.13. The molecule has 1 aromatic heterocycles. The predicted octanol–water partition coefficient (Wildman–Crippen LogP) is 0.880. The maximum atomic E-state index is 5.89. The van der Waals surface area contributed by atoms with Crippen molar-refractivity contribution in [3.63, 3.8) is 0 Å². The molecule has 146 valence electrons. The highest BCUT2D eigenvalue weighted by molar-refractivity contribution is 5.87. The lowest BCUT2D eigenvalue weighted by Gasteiger charge is -2.17. The zero-order chi connectivity index (χ0) is 18.4. The van der Waals surface area contributed by atoms with Crippen LogP contribution in [0.2, 0.25) is 0 Å². The predicted molar refractivity (Wildman–Crippen MR) is 102 cm³/mol. The average Bonchev–Trinajstić information content (AvgIpc) is 3.16. The Labute approximate surface area is 170 Å². The van der Waals surface area contributed by atoms with Gasteiger partial charge in [-0.1, -0.05) is 6.92 Å². The monoisotopic (exact) mass is 399 g/mol. The van der Waals surface area contributed by atoms with Crippen molar-refractivity contribution in [2.45, 2.75) is 26.3 Å². The Hall–Kier alpha value is -2.66. The first kappa shape index (κ1) is 18.7. The Balaban J connectivity index is 0.00000192. The van der Waals surface area contributed by atoms with Gasteiger partial charge < -0.3 is 31.4 Å². The number of methoxy groups -OCH3 is 1. The van der Waals surface area contributed by atoms with Crippen molar-refractivity contribution < 1.29 is 35.9 Å². The van der Waals surface area contributed by atoms with E-state index < -0.39 is 0 Å². The van der Waals surface area contributed by atoms with Gasteiger partial charge in [0.25, 0.3) is 0 Å². The number of benzene rings is 2. The summed E-state index contributed by atoms with van der Waals surface area (Å²) in [5.41, 5.74) is 3.70. The molecule has 2 aromatic carbocycles. The van der Waals surface area contributed by atoms with Crippen LogP contribution in [0.5, 0.6) is 23.0 Å². The van der Waals surface area contributed by atoms with Crippen molar-refractivity contribution in [1.82, 2.24) is 0 Å². The molecule has 3 heterocycles. The van der Waals surface area contributed by atoms with Gasteiger partial charge in [0.15, 0.2) is 35.7 Å². The largest absolute Gasteiger partial charge is 1.00 e. The van der Waals surface area contributed by atoms with Crippen molar-refractivity contribution in [2.24, 2.45) is 0 Å². The van der Waals surface area contributed by atoms with E-state index in [9.17, 15) is 0 Å². The van der Waals surface area contributed by atoms with E-state index in [0.717, 1.165) is 53.2 Å². The van der Waals surface area contributed by atoms with Crippen LogP contribution in [0.15, 0.2) is 36.5 Å². The molecule has 6 heteroatoms. The number of pyridine rings is 1. The standard InChI is InChI=1S/C22H22NO4.ClH/c1-3-6-25-20-9-15-7-18-17-11-22-21(26-13-27-22)8-14(17)4-5-23(18)12-16(15)10-19(20)24-2;/h7-12H,3-6,13H2,1-2H3;1H/q+1;/p-1. The van der Waals surface area contributed by atoms with Gasteiger partial charge in [0, 0.05) is 17.9 Å². The van der Waals surface area contributed by atoms with Crippen LogP contribution in [0.4, 0.5) is 0 Å². The van der Waals surface area contributed by atoms with Gasteiger partial charge in [-0.3, -0.25) is 0 Å². The van der Waals surface area contributed by atoms with Crippen LogP contribution in [0, 0.1) is 0 Å².